The monoisotopic (exact) mass is 330 g/mol. The third-order valence-corrected chi connectivity index (χ3v) is 4.13. The van der Waals surface area contributed by atoms with E-state index in [1.807, 2.05) is 43.0 Å². The summed E-state index contributed by atoms with van der Waals surface area (Å²) in [5.41, 5.74) is 1.92. The quantitative estimate of drug-likeness (QED) is 0.862. The fourth-order valence-corrected chi connectivity index (χ4v) is 2.90. The molecule has 1 unspecified atom stereocenters. The molecule has 0 N–H and O–H groups in total. The number of hydrogen-bond acceptors (Lipinski definition) is 3. The van der Waals surface area contributed by atoms with Crippen molar-refractivity contribution in [3.8, 4) is 5.75 Å². The molecule has 1 aromatic carbocycles. The standard InChI is InChI=1S/C18H19ClN2O2/c1-12(2)17-18(22)21(10-13-4-3-7-20-9-13)11-14-8-15(19)5-6-16(14)23-17/h3-9,12,17H,10-11H2,1-2H3. The van der Waals surface area contributed by atoms with Crippen LogP contribution in [0.15, 0.2) is 42.7 Å². The van der Waals surface area contributed by atoms with Crippen molar-refractivity contribution in [1.29, 1.82) is 0 Å². The molecule has 1 amide bonds. The van der Waals surface area contributed by atoms with Crippen LogP contribution >= 0.6 is 11.6 Å². The number of rotatable bonds is 3. The van der Waals surface area contributed by atoms with Gasteiger partial charge in [-0.3, -0.25) is 9.78 Å². The lowest BCUT2D eigenvalue weighted by atomic mass is 10.1. The summed E-state index contributed by atoms with van der Waals surface area (Å²) >= 11 is 6.10. The molecule has 0 saturated carbocycles. The van der Waals surface area contributed by atoms with Crippen molar-refractivity contribution in [2.75, 3.05) is 0 Å². The number of nitrogens with zero attached hydrogens (tertiary/aromatic N) is 2. The lowest BCUT2D eigenvalue weighted by Gasteiger charge is -2.25. The molecule has 2 aromatic rings. The molecule has 23 heavy (non-hydrogen) atoms. The smallest absolute Gasteiger partial charge is 0.264 e. The second-order valence-corrected chi connectivity index (χ2v) is 6.53. The summed E-state index contributed by atoms with van der Waals surface area (Å²) in [4.78, 5) is 18.8. The van der Waals surface area contributed by atoms with Gasteiger partial charge in [0.25, 0.3) is 5.91 Å². The lowest BCUT2D eigenvalue weighted by Crippen LogP contribution is -2.42. The average molecular weight is 331 g/mol. The average Bonchev–Trinajstić information content (AvgIpc) is 2.66. The zero-order chi connectivity index (χ0) is 16.4. The van der Waals surface area contributed by atoms with Gasteiger partial charge in [0, 0.05) is 36.1 Å². The number of carbonyl (C=O) groups excluding carboxylic acids is 1. The second-order valence-electron chi connectivity index (χ2n) is 6.09. The van der Waals surface area contributed by atoms with E-state index in [9.17, 15) is 4.79 Å². The van der Waals surface area contributed by atoms with Crippen molar-refractivity contribution in [2.24, 2.45) is 5.92 Å². The summed E-state index contributed by atoms with van der Waals surface area (Å²) in [5, 5.41) is 0.643. The zero-order valence-corrected chi connectivity index (χ0v) is 14.0. The van der Waals surface area contributed by atoms with Crippen LogP contribution in [0.5, 0.6) is 5.75 Å². The molecule has 0 aliphatic carbocycles. The van der Waals surface area contributed by atoms with Crippen LogP contribution < -0.4 is 4.74 Å². The van der Waals surface area contributed by atoms with Crippen molar-refractivity contribution >= 4 is 17.5 Å². The van der Waals surface area contributed by atoms with E-state index in [-0.39, 0.29) is 11.8 Å². The summed E-state index contributed by atoms with van der Waals surface area (Å²) in [5.74, 6) is 0.812. The molecule has 0 fully saturated rings. The Balaban J connectivity index is 1.95. The van der Waals surface area contributed by atoms with Gasteiger partial charge in [0.1, 0.15) is 5.75 Å². The summed E-state index contributed by atoms with van der Waals surface area (Å²) in [6.45, 7) is 4.97. The van der Waals surface area contributed by atoms with E-state index in [0.29, 0.717) is 18.1 Å². The number of pyridine rings is 1. The normalized spacial score (nSPS) is 17.7. The van der Waals surface area contributed by atoms with Gasteiger partial charge in [0.05, 0.1) is 0 Å². The minimum absolute atomic E-state index is 0.00354. The maximum absolute atomic E-state index is 12.9. The van der Waals surface area contributed by atoms with Crippen LogP contribution in [0.2, 0.25) is 5.02 Å². The number of aromatic nitrogens is 1. The Morgan fingerprint density at radius 2 is 2.22 bits per heavy atom. The van der Waals surface area contributed by atoms with E-state index in [2.05, 4.69) is 4.98 Å². The van der Waals surface area contributed by atoms with E-state index in [1.54, 1.807) is 18.5 Å². The van der Waals surface area contributed by atoms with Crippen LogP contribution in [0.25, 0.3) is 0 Å². The van der Waals surface area contributed by atoms with Crippen LogP contribution in [-0.2, 0) is 17.9 Å². The van der Waals surface area contributed by atoms with Crippen LogP contribution in [0, 0.1) is 5.92 Å². The molecular formula is C18H19ClN2O2. The Bertz CT molecular complexity index is 703. The highest BCUT2D eigenvalue weighted by atomic mass is 35.5. The molecule has 5 heteroatoms. The largest absolute Gasteiger partial charge is 0.480 e. The van der Waals surface area contributed by atoms with Gasteiger partial charge in [-0.05, 0) is 35.7 Å². The Labute approximate surface area is 141 Å². The number of hydrogen-bond donors (Lipinski definition) is 0. The summed E-state index contributed by atoms with van der Waals surface area (Å²) < 4.78 is 5.99. The first-order valence-electron chi connectivity index (χ1n) is 7.67. The number of fused-ring (bicyclic) bond motifs is 1. The summed E-state index contributed by atoms with van der Waals surface area (Å²) in [6, 6.07) is 9.34. The highest BCUT2D eigenvalue weighted by Gasteiger charge is 2.33. The van der Waals surface area contributed by atoms with Crippen molar-refractivity contribution in [1.82, 2.24) is 9.88 Å². The molecule has 0 radical (unpaired) electrons. The van der Waals surface area contributed by atoms with Crippen LogP contribution in [0.1, 0.15) is 25.0 Å². The first-order valence-corrected chi connectivity index (χ1v) is 8.05. The van der Waals surface area contributed by atoms with Gasteiger partial charge in [-0.1, -0.05) is 31.5 Å². The van der Waals surface area contributed by atoms with E-state index < -0.39 is 6.10 Å². The third-order valence-electron chi connectivity index (χ3n) is 3.89. The molecule has 1 aliphatic heterocycles. The number of ether oxygens (including phenoxy) is 1. The van der Waals surface area contributed by atoms with Gasteiger partial charge in [-0.15, -0.1) is 0 Å². The second kappa shape index (κ2) is 6.59. The summed E-state index contributed by atoms with van der Waals surface area (Å²) in [6.07, 6.45) is 3.01. The number of amides is 1. The first-order chi connectivity index (χ1) is 11.0. The minimum atomic E-state index is -0.492. The fourth-order valence-electron chi connectivity index (χ4n) is 2.70. The minimum Gasteiger partial charge on any atom is -0.480 e. The van der Waals surface area contributed by atoms with Crippen LogP contribution in [0.3, 0.4) is 0 Å². The van der Waals surface area contributed by atoms with E-state index in [0.717, 1.165) is 16.9 Å². The van der Waals surface area contributed by atoms with Gasteiger partial charge >= 0.3 is 0 Å². The first kappa shape index (κ1) is 15.8. The predicted octanol–water partition coefficient (Wildman–Crippen LogP) is 3.68. The Hall–Kier alpha value is -2.07. The van der Waals surface area contributed by atoms with Gasteiger partial charge < -0.3 is 9.64 Å². The number of benzene rings is 1. The predicted molar refractivity (Wildman–Crippen MR) is 89.2 cm³/mol. The molecule has 4 nitrogen and oxygen atoms in total. The van der Waals surface area contributed by atoms with E-state index in [1.165, 1.54) is 0 Å². The molecule has 2 heterocycles. The van der Waals surface area contributed by atoms with E-state index in [4.69, 9.17) is 16.3 Å². The zero-order valence-electron chi connectivity index (χ0n) is 13.2. The lowest BCUT2D eigenvalue weighted by molar-refractivity contribution is -0.140. The molecule has 1 aromatic heterocycles. The number of carbonyl (C=O) groups is 1. The topological polar surface area (TPSA) is 42.4 Å². The Morgan fingerprint density at radius 1 is 1.39 bits per heavy atom. The molecule has 3 rings (SSSR count). The molecule has 0 spiro atoms. The molecule has 1 atom stereocenters. The van der Waals surface area contributed by atoms with Gasteiger partial charge in [0.2, 0.25) is 0 Å². The van der Waals surface area contributed by atoms with Gasteiger partial charge in [-0.25, -0.2) is 0 Å². The van der Waals surface area contributed by atoms with Gasteiger partial charge in [0.15, 0.2) is 6.10 Å². The fraction of sp³-hybridized carbons (Fsp3) is 0.333. The third kappa shape index (κ3) is 3.48. The highest BCUT2D eigenvalue weighted by molar-refractivity contribution is 6.30. The molecule has 0 saturated heterocycles. The maximum Gasteiger partial charge on any atom is 0.264 e. The van der Waals surface area contributed by atoms with E-state index >= 15 is 0 Å². The summed E-state index contributed by atoms with van der Waals surface area (Å²) in [7, 11) is 0. The van der Waals surface area contributed by atoms with Crippen molar-refractivity contribution in [2.45, 2.75) is 33.0 Å². The van der Waals surface area contributed by atoms with Crippen molar-refractivity contribution in [3.63, 3.8) is 0 Å². The van der Waals surface area contributed by atoms with Crippen molar-refractivity contribution < 1.29 is 9.53 Å². The van der Waals surface area contributed by atoms with Crippen LogP contribution in [0.4, 0.5) is 0 Å². The molecule has 120 valence electrons. The molecule has 1 aliphatic rings. The van der Waals surface area contributed by atoms with Gasteiger partial charge in [-0.2, -0.15) is 0 Å². The highest BCUT2D eigenvalue weighted by Crippen LogP contribution is 2.30. The Kier molecular flexibility index (Phi) is 4.53. The molecule has 0 bridgehead atoms. The maximum atomic E-state index is 12.9. The number of halogens is 1. The molecular weight excluding hydrogens is 312 g/mol. The van der Waals surface area contributed by atoms with Crippen LogP contribution in [-0.4, -0.2) is 21.9 Å². The Morgan fingerprint density at radius 3 is 2.91 bits per heavy atom. The SMILES string of the molecule is CC(C)C1Oc2ccc(Cl)cc2CN(Cc2cccnc2)C1=O. The van der Waals surface area contributed by atoms with Crippen molar-refractivity contribution in [3.05, 3.63) is 58.9 Å².